The highest BCUT2D eigenvalue weighted by Crippen LogP contribution is 2.33. The highest BCUT2D eigenvalue weighted by atomic mass is 16.5. The van der Waals surface area contributed by atoms with E-state index in [1.807, 2.05) is 12.1 Å². The second-order valence-electron chi connectivity index (χ2n) is 7.49. The predicted molar refractivity (Wildman–Crippen MR) is 110 cm³/mol. The summed E-state index contributed by atoms with van der Waals surface area (Å²) in [5.41, 5.74) is 3.65. The van der Waals surface area contributed by atoms with E-state index in [9.17, 15) is 0 Å². The van der Waals surface area contributed by atoms with Crippen molar-refractivity contribution < 1.29 is 9.15 Å². The van der Waals surface area contributed by atoms with Crippen molar-refractivity contribution in [3.63, 3.8) is 0 Å². The molecule has 4 aromatic rings. The largest absolute Gasteiger partial charge is 0.454 e. The molecule has 4 rings (SSSR count). The molecular weight excluding hydrogens is 364 g/mol. The van der Waals surface area contributed by atoms with Gasteiger partial charge in [-0.05, 0) is 30.2 Å². The summed E-state index contributed by atoms with van der Waals surface area (Å²) in [5.74, 6) is 2.39. The molecule has 0 unspecified atom stereocenters. The van der Waals surface area contributed by atoms with Crippen molar-refractivity contribution >= 4 is 0 Å². The molecule has 0 aliphatic rings. The van der Waals surface area contributed by atoms with Crippen LogP contribution in [0.15, 0.2) is 65.3 Å². The number of aryl methyl sites for hydroxylation is 2. The van der Waals surface area contributed by atoms with Crippen LogP contribution < -0.4 is 4.74 Å². The van der Waals surface area contributed by atoms with Crippen LogP contribution in [0.5, 0.6) is 11.5 Å². The van der Waals surface area contributed by atoms with Gasteiger partial charge in [-0.15, -0.1) is 10.2 Å². The van der Waals surface area contributed by atoms with E-state index in [2.05, 4.69) is 77.3 Å². The molecule has 0 fully saturated rings. The molecule has 6 nitrogen and oxygen atoms in total. The van der Waals surface area contributed by atoms with Crippen molar-refractivity contribution in [3.05, 3.63) is 83.5 Å². The zero-order valence-electron chi connectivity index (χ0n) is 16.9. The summed E-state index contributed by atoms with van der Waals surface area (Å²) >= 11 is 0. The molecule has 0 bridgehead atoms. The van der Waals surface area contributed by atoms with Crippen LogP contribution in [0.1, 0.15) is 36.4 Å². The fourth-order valence-electron chi connectivity index (χ4n) is 3.08. The van der Waals surface area contributed by atoms with Gasteiger partial charge in [0.05, 0.1) is 12.4 Å². The van der Waals surface area contributed by atoms with Gasteiger partial charge in [0.15, 0.2) is 5.75 Å². The lowest BCUT2D eigenvalue weighted by Crippen LogP contribution is -2.18. The Hall–Kier alpha value is -3.54. The van der Waals surface area contributed by atoms with Gasteiger partial charge in [-0.2, -0.15) is 0 Å². The average Bonchev–Trinajstić information content (AvgIpc) is 3.16. The van der Waals surface area contributed by atoms with Crippen LogP contribution in [0.25, 0.3) is 11.7 Å². The number of nitrogens with zero attached hydrogens (tertiary/aromatic N) is 4. The van der Waals surface area contributed by atoms with E-state index in [-0.39, 0.29) is 11.3 Å². The first-order chi connectivity index (χ1) is 13.9. The van der Waals surface area contributed by atoms with Crippen molar-refractivity contribution in [2.45, 2.75) is 33.1 Å². The molecule has 0 aliphatic carbocycles. The van der Waals surface area contributed by atoms with Crippen LogP contribution in [-0.2, 0) is 5.41 Å². The van der Waals surface area contributed by atoms with Crippen molar-refractivity contribution in [1.82, 2.24) is 20.2 Å². The molecule has 0 saturated heterocycles. The third-order valence-corrected chi connectivity index (χ3v) is 4.93. The molecule has 0 aliphatic heterocycles. The minimum absolute atomic E-state index is 0.0980. The highest BCUT2D eigenvalue weighted by molar-refractivity contribution is 5.42. The van der Waals surface area contributed by atoms with Crippen LogP contribution in [0.2, 0.25) is 0 Å². The molecule has 0 saturated carbocycles. The van der Waals surface area contributed by atoms with Crippen LogP contribution in [0.4, 0.5) is 0 Å². The molecule has 0 spiro atoms. The smallest absolute Gasteiger partial charge is 0.285 e. The Balaban J connectivity index is 1.48. The molecule has 0 N–H and O–H groups in total. The van der Waals surface area contributed by atoms with Gasteiger partial charge >= 0.3 is 0 Å². The lowest BCUT2D eigenvalue weighted by molar-refractivity contribution is 0.476. The van der Waals surface area contributed by atoms with Gasteiger partial charge in [-0.3, -0.25) is 0 Å². The van der Waals surface area contributed by atoms with Gasteiger partial charge in [0.1, 0.15) is 5.75 Å². The second kappa shape index (κ2) is 7.47. The van der Waals surface area contributed by atoms with Crippen LogP contribution in [0, 0.1) is 13.8 Å². The minimum atomic E-state index is -0.0980. The van der Waals surface area contributed by atoms with Gasteiger partial charge < -0.3 is 9.15 Å². The summed E-state index contributed by atoms with van der Waals surface area (Å²) in [5, 5.41) is 7.69. The maximum Gasteiger partial charge on any atom is 0.285 e. The van der Waals surface area contributed by atoms with Crippen molar-refractivity contribution in [1.29, 1.82) is 0 Å². The zero-order chi connectivity index (χ0) is 20.4. The molecular formula is C23H22N4O2. The van der Waals surface area contributed by atoms with E-state index in [1.165, 1.54) is 16.7 Å². The molecule has 0 amide bonds. The number of ether oxygens (including phenoxy) is 1. The summed E-state index contributed by atoms with van der Waals surface area (Å²) in [6.45, 7) is 8.26. The Morgan fingerprint density at radius 3 is 1.90 bits per heavy atom. The van der Waals surface area contributed by atoms with E-state index in [1.54, 1.807) is 19.3 Å². The van der Waals surface area contributed by atoms with Crippen molar-refractivity contribution in [2.24, 2.45) is 0 Å². The zero-order valence-corrected chi connectivity index (χ0v) is 16.9. The minimum Gasteiger partial charge on any atom is -0.454 e. The summed E-state index contributed by atoms with van der Waals surface area (Å²) in [7, 11) is 0. The standard InChI is InChI=1S/C23H22N4O2/c1-15-5-7-17(8-6-15)23(3,4)18-9-11-19(12-10-18)29-20-13-24-21(25-14-20)22-27-26-16(2)28-22/h5-14H,1-4H3. The molecule has 2 aromatic carbocycles. The normalized spacial score (nSPS) is 11.4. The van der Waals surface area contributed by atoms with Crippen molar-refractivity contribution in [3.8, 4) is 23.2 Å². The van der Waals surface area contributed by atoms with Gasteiger partial charge in [0.2, 0.25) is 11.7 Å². The second-order valence-corrected chi connectivity index (χ2v) is 7.49. The summed E-state index contributed by atoms with van der Waals surface area (Å²) in [6.07, 6.45) is 3.18. The molecule has 0 radical (unpaired) electrons. The first-order valence-electron chi connectivity index (χ1n) is 9.40. The van der Waals surface area contributed by atoms with E-state index in [0.29, 0.717) is 17.5 Å². The Bertz CT molecular complexity index is 1100. The maximum absolute atomic E-state index is 5.87. The summed E-state index contributed by atoms with van der Waals surface area (Å²) < 4.78 is 11.2. The first kappa shape index (κ1) is 18.8. The molecule has 146 valence electrons. The Morgan fingerprint density at radius 2 is 1.34 bits per heavy atom. The van der Waals surface area contributed by atoms with E-state index in [4.69, 9.17) is 9.15 Å². The molecule has 2 aromatic heterocycles. The first-order valence-corrected chi connectivity index (χ1v) is 9.40. The number of hydrogen-bond acceptors (Lipinski definition) is 6. The Labute approximate surface area is 169 Å². The molecule has 29 heavy (non-hydrogen) atoms. The lowest BCUT2D eigenvalue weighted by Gasteiger charge is -2.26. The lowest BCUT2D eigenvalue weighted by atomic mass is 9.78. The number of rotatable bonds is 5. The van der Waals surface area contributed by atoms with Gasteiger partial charge in [-0.1, -0.05) is 55.8 Å². The fourth-order valence-corrected chi connectivity index (χ4v) is 3.08. The van der Waals surface area contributed by atoms with E-state index < -0.39 is 0 Å². The number of benzene rings is 2. The highest BCUT2D eigenvalue weighted by Gasteiger charge is 2.23. The number of hydrogen-bond donors (Lipinski definition) is 0. The third kappa shape index (κ3) is 4.01. The third-order valence-electron chi connectivity index (χ3n) is 4.93. The van der Waals surface area contributed by atoms with Crippen LogP contribution in [0.3, 0.4) is 0 Å². The Kier molecular flexibility index (Phi) is 4.84. The monoisotopic (exact) mass is 386 g/mol. The van der Waals surface area contributed by atoms with E-state index >= 15 is 0 Å². The van der Waals surface area contributed by atoms with E-state index in [0.717, 1.165) is 5.75 Å². The van der Waals surface area contributed by atoms with Crippen LogP contribution >= 0.6 is 0 Å². The van der Waals surface area contributed by atoms with Gasteiger partial charge in [-0.25, -0.2) is 9.97 Å². The Morgan fingerprint density at radius 1 is 0.759 bits per heavy atom. The average molecular weight is 386 g/mol. The van der Waals surface area contributed by atoms with Gasteiger partial charge in [0, 0.05) is 12.3 Å². The van der Waals surface area contributed by atoms with Crippen LogP contribution in [-0.4, -0.2) is 20.2 Å². The fraction of sp³-hybridized carbons (Fsp3) is 0.217. The molecule has 2 heterocycles. The van der Waals surface area contributed by atoms with Gasteiger partial charge in [0.25, 0.3) is 5.89 Å². The van der Waals surface area contributed by atoms with Crippen molar-refractivity contribution in [2.75, 3.05) is 0 Å². The predicted octanol–water partition coefficient (Wildman–Crippen LogP) is 5.26. The number of aromatic nitrogens is 4. The summed E-state index contributed by atoms with van der Waals surface area (Å²) in [6, 6.07) is 16.8. The molecule has 6 heteroatoms. The SMILES string of the molecule is Cc1ccc(C(C)(C)c2ccc(Oc3cnc(-c4nnc(C)o4)nc3)cc2)cc1. The summed E-state index contributed by atoms with van der Waals surface area (Å²) in [4.78, 5) is 8.46. The topological polar surface area (TPSA) is 73.9 Å². The molecule has 0 atom stereocenters. The quantitative estimate of drug-likeness (QED) is 0.466. The maximum atomic E-state index is 5.87.